The predicted octanol–water partition coefficient (Wildman–Crippen LogP) is 0.116. The smallest absolute Gasteiger partial charge is 0.329 e. The summed E-state index contributed by atoms with van der Waals surface area (Å²) in [5.41, 5.74) is -1.30. The van der Waals surface area contributed by atoms with E-state index in [0.29, 0.717) is 6.42 Å². The first-order chi connectivity index (χ1) is 8.74. The Kier molecular flexibility index (Phi) is 4.78. The van der Waals surface area contributed by atoms with Crippen LogP contribution in [-0.4, -0.2) is 48.6 Å². The Morgan fingerprint density at radius 1 is 1.32 bits per heavy atom. The van der Waals surface area contributed by atoms with Crippen LogP contribution < -0.4 is 10.6 Å². The first-order valence-electron chi connectivity index (χ1n) is 6.27. The Bertz CT molecular complexity index is 456. The van der Waals surface area contributed by atoms with Crippen molar-refractivity contribution in [1.82, 2.24) is 10.6 Å². The Morgan fingerprint density at radius 2 is 1.89 bits per heavy atom. The summed E-state index contributed by atoms with van der Waals surface area (Å²) in [5.74, 6) is -1.12. The van der Waals surface area contributed by atoms with Crippen molar-refractivity contribution in [3.05, 3.63) is 0 Å². The fraction of sp³-hybridized carbons (Fsp3) is 0.818. The summed E-state index contributed by atoms with van der Waals surface area (Å²) in [5, 5.41) is 14.1. The van der Waals surface area contributed by atoms with Gasteiger partial charge in [-0.25, -0.2) is 18.0 Å². The minimum absolute atomic E-state index is 0.0591. The zero-order chi connectivity index (χ0) is 14.7. The van der Waals surface area contributed by atoms with Crippen molar-refractivity contribution in [2.75, 3.05) is 11.5 Å². The Labute approximate surface area is 112 Å². The number of carbonyl (C=O) groups excluding carboxylic acids is 1. The lowest BCUT2D eigenvalue weighted by molar-refractivity contribution is -0.144. The minimum atomic E-state index is -3.07. The van der Waals surface area contributed by atoms with Crippen molar-refractivity contribution in [1.29, 1.82) is 0 Å². The fourth-order valence-corrected chi connectivity index (χ4v) is 3.80. The third kappa shape index (κ3) is 3.82. The van der Waals surface area contributed by atoms with Crippen LogP contribution in [0, 0.1) is 0 Å². The van der Waals surface area contributed by atoms with Gasteiger partial charge < -0.3 is 15.7 Å². The standard InChI is InChI=1S/C11H20N2O5S/c1-3-11(4-2,9(14)15)13-10(16)12-8-5-6-19(17,18)7-8/h8H,3-7H2,1-2H3,(H,14,15)(H2,12,13,16). The first kappa shape index (κ1) is 15.7. The Hall–Kier alpha value is -1.31. The molecule has 1 saturated heterocycles. The molecule has 1 aliphatic heterocycles. The van der Waals surface area contributed by atoms with Gasteiger partial charge in [-0.2, -0.15) is 0 Å². The maximum Gasteiger partial charge on any atom is 0.329 e. The van der Waals surface area contributed by atoms with Crippen LogP contribution in [0.4, 0.5) is 4.79 Å². The number of rotatable bonds is 5. The zero-order valence-electron chi connectivity index (χ0n) is 11.1. The number of hydrogen-bond donors (Lipinski definition) is 3. The van der Waals surface area contributed by atoms with Gasteiger partial charge in [0.25, 0.3) is 0 Å². The number of aliphatic carboxylic acids is 1. The number of carbonyl (C=O) groups is 2. The van der Waals surface area contributed by atoms with Crippen LogP contribution in [-0.2, 0) is 14.6 Å². The van der Waals surface area contributed by atoms with Crippen molar-refractivity contribution in [2.45, 2.75) is 44.7 Å². The van der Waals surface area contributed by atoms with Crippen molar-refractivity contribution >= 4 is 21.8 Å². The lowest BCUT2D eigenvalue weighted by Crippen LogP contribution is -2.57. The lowest BCUT2D eigenvalue weighted by Gasteiger charge is -2.28. The Balaban J connectivity index is 2.62. The molecule has 0 aliphatic carbocycles. The molecule has 7 nitrogen and oxygen atoms in total. The highest BCUT2D eigenvalue weighted by atomic mass is 32.2. The third-order valence-electron chi connectivity index (χ3n) is 3.54. The number of sulfone groups is 1. The first-order valence-corrected chi connectivity index (χ1v) is 8.09. The maximum atomic E-state index is 11.8. The van der Waals surface area contributed by atoms with Crippen LogP contribution in [0.2, 0.25) is 0 Å². The van der Waals surface area contributed by atoms with Gasteiger partial charge in [0, 0.05) is 6.04 Å². The number of carboxylic acids is 1. The van der Waals surface area contributed by atoms with Gasteiger partial charge >= 0.3 is 12.0 Å². The van der Waals surface area contributed by atoms with Crippen LogP contribution in [0.15, 0.2) is 0 Å². The van der Waals surface area contributed by atoms with Gasteiger partial charge in [-0.15, -0.1) is 0 Å². The molecule has 110 valence electrons. The number of amides is 2. The van der Waals surface area contributed by atoms with Crippen LogP contribution in [0.5, 0.6) is 0 Å². The highest BCUT2D eigenvalue weighted by molar-refractivity contribution is 7.91. The van der Waals surface area contributed by atoms with Crippen molar-refractivity contribution in [2.24, 2.45) is 0 Å². The van der Waals surface area contributed by atoms with Gasteiger partial charge in [0.05, 0.1) is 11.5 Å². The molecular formula is C11H20N2O5S. The fourth-order valence-electron chi connectivity index (χ4n) is 2.13. The van der Waals surface area contributed by atoms with Gasteiger partial charge in [0.1, 0.15) is 5.54 Å². The van der Waals surface area contributed by atoms with Crippen LogP contribution in [0.1, 0.15) is 33.1 Å². The molecule has 3 N–H and O–H groups in total. The predicted molar refractivity (Wildman–Crippen MR) is 69.7 cm³/mol. The topological polar surface area (TPSA) is 113 Å². The zero-order valence-corrected chi connectivity index (χ0v) is 11.9. The van der Waals surface area contributed by atoms with E-state index in [9.17, 15) is 23.1 Å². The van der Waals surface area contributed by atoms with Crippen LogP contribution in [0.25, 0.3) is 0 Å². The van der Waals surface area contributed by atoms with E-state index in [1.54, 1.807) is 13.8 Å². The van der Waals surface area contributed by atoms with E-state index < -0.39 is 33.4 Å². The van der Waals surface area contributed by atoms with Crippen molar-refractivity contribution in [3.63, 3.8) is 0 Å². The van der Waals surface area contributed by atoms with Crippen LogP contribution in [0.3, 0.4) is 0 Å². The highest BCUT2D eigenvalue weighted by Gasteiger charge is 2.37. The molecule has 19 heavy (non-hydrogen) atoms. The third-order valence-corrected chi connectivity index (χ3v) is 5.30. The summed E-state index contributed by atoms with van der Waals surface area (Å²) >= 11 is 0. The van der Waals surface area contributed by atoms with E-state index in [2.05, 4.69) is 10.6 Å². The van der Waals surface area contributed by atoms with Gasteiger partial charge in [0.15, 0.2) is 9.84 Å². The molecule has 8 heteroatoms. The van der Waals surface area contributed by atoms with Crippen LogP contribution >= 0.6 is 0 Å². The van der Waals surface area contributed by atoms with E-state index in [-0.39, 0.29) is 24.3 Å². The average Bonchev–Trinajstić information content (AvgIpc) is 2.65. The van der Waals surface area contributed by atoms with Gasteiger partial charge in [-0.1, -0.05) is 13.8 Å². The van der Waals surface area contributed by atoms with E-state index >= 15 is 0 Å². The number of carboxylic acid groups (broad SMARTS) is 1. The molecule has 1 atom stereocenters. The summed E-state index contributed by atoms with van der Waals surface area (Å²) in [6.07, 6.45) is 0.887. The SMILES string of the molecule is CCC(CC)(NC(=O)NC1CCS(=O)(=O)C1)C(=O)O. The monoisotopic (exact) mass is 292 g/mol. The molecular weight excluding hydrogens is 272 g/mol. The quantitative estimate of drug-likeness (QED) is 0.666. The summed E-state index contributed by atoms with van der Waals surface area (Å²) in [6.45, 7) is 3.36. The molecule has 1 aliphatic rings. The lowest BCUT2D eigenvalue weighted by atomic mass is 9.93. The second-order valence-electron chi connectivity index (χ2n) is 4.79. The second kappa shape index (κ2) is 5.77. The average molecular weight is 292 g/mol. The molecule has 0 aromatic carbocycles. The highest BCUT2D eigenvalue weighted by Crippen LogP contribution is 2.16. The molecule has 1 heterocycles. The van der Waals surface area contributed by atoms with Gasteiger partial charge in [-0.3, -0.25) is 0 Å². The molecule has 1 unspecified atom stereocenters. The van der Waals surface area contributed by atoms with Gasteiger partial charge in [-0.05, 0) is 19.3 Å². The molecule has 0 saturated carbocycles. The van der Waals surface area contributed by atoms with Crippen molar-refractivity contribution in [3.8, 4) is 0 Å². The van der Waals surface area contributed by atoms with E-state index in [1.165, 1.54) is 0 Å². The number of nitrogens with one attached hydrogen (secondary N) is 2. The second-order valence-corrected chi connectivity index (χ2v) is 7.02. The Morgan fingerprint density at radius 3 is 2.26 bits per heavy atom. The molecule has 0 aromatic rings. The molecule has 0 aromatic heterocycles. The summed E-state index contributed by atoms with van der Waals surface area (Å²) in [4.78, 5) is 23.0. The number of urea groups is 1. The van der Waals surface area contributed by atoms with Gasteiger partial charge in [0.2, 0.25) is 0 Å². The molecule has 1 fully saturated rings. The summed E-state index contributed by atoms with van der Waals surface area (Å²) in [6, 6.07) is -1.07. The summed E-state index contributed by atoms with van der Waals surface area (Å²) < 4.78 is 22.5. The minimum Gasteiger partial charge on any atom is -0.480 e. The molecule has 0 bridgehead atoms. The molecule has 1 rings (SSSR count). The number of hydrogen-bond acceptors (Lipinski definition) is 4. The molecule has 0 spiro atoms. The van der Waals surface area contributed by atoms with E-state index in [0.717, 1.165) is 0 Å². The normalized spacial score (nSPS) is 21.9. The molecule has 2 amide bonds. The van der Waals surface area contributed by atoms with E-state index in [1.807, 2.05) is 0 Å². The molecule has 0 radical (unpaired) electrons. The maximum absolute atomic E-state index is 11.8. The van der Waals surface area contributed by atoms with E-state index in [4.69, 9.17) is 0 Å². The largest absolute Gasteiger partial charge is 0.480 e. The summed E-state index contributed by atoms with van der Waals surface area (Å²) in [7, 11) is -3.07. The van der Waals surface area contributed by atoms with Crippen molar-refractivity contribution < 1.29 is 23.1 Å².